The lowest BCUT2D eigenvalue weighted by Crippen LogP contribution is -2.28. The molecule has 0 aliphatic carbocycles. The molecule has 0 aromatic heterocycles. The van der Waals surface area contributed by atoms with E-state index in [2.05, 4.69) is 33.0 Å². The number of hydrogen-bond donors (Lipinski definition) is 1. The van der Waals surface area contributed by atoms with Crippen LogP contribution in [0.3, 0.4) is 0 Å². The van der Waals surface area contributed by atoms with Crippen molar-refractivity contribution in [3.05, 3.63) is 29.6 Å². The van der Waals surface area contributed by atoms with Crippen LogP contribution in [0.2, 0.25) is 0 Å². The van der Waals surface area contributed by atoms with Gasteiger partial charge in [-0.05, 0) is 36.4 Å². The van der Waals surface area contributed by atoms with Gasteiger partial charge in [0.25, 0.3) is 0 Å². The third-order valence-corrected chi connectivity index (χ3v) is 3.29. The van der Waals surface area contributed by atoms with Gasteiger partial charge in [-0.2, -0.15) is 0 Å². The summed E-state index contributed by atoms with van der Waals surface area (Å²) in [6, 6.07) is 5.84. The van der Waals surface area contributed by atoms with Crippen molar-refractivity contribution in [1.82, 2.24) is 5.32 Å². The summed E-state index contributed by atoms with van der Waals surface area (Å²) in [6.45, 7) is 9.57. The van der Waals surface area contributed by atoms with Crippen molar-refractivity contribution in [3.8, 4) is 5.75 Å². The van der Waals surface area contributed by atoms with Crippen molar-refractivity contribution >= 4 is 0 Å². The first-order valence-electron chi connectivity index (χ1n) is 6.90. The number of nitrogens with one attached hydrogen (secondary N) is 1. The summed E-state index contributed by atoms with van der Waals surface area (Å²) in [6.07, 6.45) is 1.73. The molecule has 0 radical (unpaired) electrons. The minimum Gasteiger partial charge on any atom is -0.494 e. The van der Waals surface area contributed by atoms with Gasteiger partial charge in [0.05, 0.1) is 7.11 Å². The third-order valence-electron chi connectivity index (χ3n) is 3.29. The number of methoxy groups -OCH3 is 1. The van der Waals surface area contributed by atoms with Gasteiger partial charge in [0.2, 0.25) is 0 Å². The second-order valence-corrected chi connectivity index (χ2v) is 6.13. The number of ether oxygens (including phenoxy) is 1. The molecule has 1 aromatic rings. The molecule has 1 N–H and O–H groups in total. The fourth-order valence-corrected chi connectivity index (χ4v) is 2.15. The van der Waals surface area contributed by atoms with Crippen LogP contribution >= 0.6 is 0 Å². The van der Waals surface area contributed by atoms with E-state index < -0.39 is 0 Å². The summed E-state index contributed by atoms with van der Waals surface area (Å²) >= 11 is 0. The Labute approximate surface area is 116 Å². The molecule has 1 aromatic carbocycles. The van der Waals surface area contributed by atoms with Crippen molar-refractivity contribution < 1.29 is 9.13 Å². The Bertz CT molecular complexity index is 402. The molecule has 0 bridgehead atoms. The highest BCUT2D eigenvalue weighted by atomic mass is 19.1. The van der Waals surface area contributed by atoms with E-state index in [1.807, 2.05) is 12.1 Å². The molecule has 0 unspecified atom stereocenters. The Morgan fingerprint density at radius 3 is 2.58 bits per heavy atom. The van der Waals surface area contributed by atoms with E-state index in [0.717, 1.165) is 24.9 Å². The van der Waals surface area contributed by atoms with Crippen LogP contribution in [0.5, 0.6) is 5.75 Å². The Balaban J connectivity index is 2.67. The van der Waals surface area contributed by atoms with E-state index in [1.54, 1.807) is 6.07 Å². The monoisotopic (exact) mass is 267 g/mol. The van der Waals surface area contributed by atoms with Crippen molar-refractivity contribution in [2.45, 2.75) is 46.6 Å². The van der Waals surface area contributed by atoms with Crippen LogP contribution in [-0.4, -0.2) is 19.7 Å². The average molecular weight is 267 g/mol. The summed E-state index contributed by atoms with van der Waals surface area (Å²) in [4.78, 5) is 0. The SMILES string of the molecule is COc1cccc(CC(C)(C)CCNC(C)C)c1F. The molecule has 19 heavy (non-hydrogen) atoms. The maximum absolute atomic E-state index is 14.1. The first kappa shape index (κ1) is 16.0. The maximum atomic E-state index is 14.1. The Morgan fingerprint density at radius 2 is 2.00 bits per heavy atom. The van der Waals surface area contributed by atoms with E-state index in [4.69, 9.17) is 4.74 Å². The lowest BCUT2D eigenvalue weighted by Gasteiger charge is -2.26. The van der Waals surface area contributed by atoms with E-state index in [-0.39, 0.29) is 11.2 Å². The largest absolute Gasteiger partial charge is 0.494 e. The van der Waals surface area contributed by atoms with E-state index in [1.165, 1.54) is 7.11 Å². The molecule has 0 aliphatic heterocycles. The van der Waals surface area contributed by atoms with Crippen LogP contribution in [-0.2, 0) is 6.42 Å². The predicted octanol–water partition coefficient (Wildman–Crippen LogP) is 3.79. The number of hydrogen-bond acceptors (Lipinski definition) is 2. The van der Waals surface area contributed by atoms with Gasteiger partial charge in [-0.25, -0.2) is 4.39 Å². The van der Waals surface area contributed by atoms with Crippen LogP contribution in [0.1, 0.15) is 39.7 Å². The molecule has 0 fully saturated rings. The molecule has 0 aliphatic rings. The summed E-state index contributed by atoms with van der Waals surface area (Å²) in [5.41, 5.74) is 0.795. The van der Waals surface area contributed by atoms with Crippen LogP contribution in [0.15, 0.2) is 18.2 Å². The summed E-state index contributed by atoms with van der Waals surface area (Å²) in [7, 11) is 1.50. The van der Waals surface area contributed by atoms with Crippen LogP contribution < -0.4 is 10.1 Å². The molecule has 0 spiro atoms. The number of halogens is 1. The third kappa shape index (κ3) is 5.19. The molecule has 0 saturated carbocycles. The van der Waals surface area contributed by atoms with Crippen LogP contribution in [0, 0.1) is 11.2 Å². The second kappa shape index (κ2) is 6.90. The Kier molecular flexibility index (Phi) is 5.80. The molecule has 108 valence electrons. The molecule has 2 nitrogen and oxygen atoms in total. The normalized spacial score (nSPS) is 11.9. The van der Waals surface area contributed by atoms with E-state index in [9.17, 15) is 4.39 Å². The molecule has 0 heterocycles. The van der Waals surface area contributed by atoms with Crippen LogP contribution in [0.25, 0.3) is 0 Å². The van der Waals surface area contributed by atoms with Gasteiger partial charge >= 0.3 is 0 Å². The summed E-state index contributed by atoms with van der Waals surface area (Å²) in [5, 5.41) is 3.41. The highest BCUT2D eigenvalue weighted by Crippen LogP contribution is 2.29. The molecule has 0 amide bonds. The first-order valence-corrected chi connectivity index (χ1v) is 6.90. The highest BCUT2D eigenvalue weighted by molar-refractivity contribution is 5.31. The van der Waals surface area contributed by atoms with Crippen molar-refractivity contribution in [1.29, 1.82) is 0 Å². The Morgan fingerprint density at radius 1 is 1.32 bits per heavy atom. The molecular formula is C16H26FNO. The quantitative estimate of drug-likeness (QED) is 0.811. The minimum atomic E-state index is -0.227. The molecule has 1 rings (SSSR count). The molecule has 3 heteroatoms. The van der Waals surface area contributed by atoms with E-state index >= 15 is 0 Å². The van der Waals surface area contributed by atoms with Crippen LogP contribution in [0.4, 0.5) is 4.39 Å². The Hall–Kier alpha value is -1.09. The fourth-order valence-electron chi connectivity index (χ4n) is 2.15. The first-order chi connectivity index (χ1) is 8.85. The minimum absolute atomic E-state index is 0.0646. The standard InChI is InChI=1S/C16H26FNO/c1-12(2)18-10-9-16(3,4)11-13-7-6-8-14(19-5)15(13)17/h6-8,12,18H,9-11H2,1-5H3. The topological polar surface area (TPSA) is 21.3 Å². The van der Waals surface area contributed by atoms with Crippen molar-refractivity contribution in [2.24, 2.45) is 5.41 Å². The molecule has 0 atom stereocenters. The zero-order valence-corrected chi connectivity index (χ0v) is 12.7. The highest BCUT2D eigenvalue weighted by Gasteiger charge is 2.21. The van der Waals surface area contributed by atoms with Gasteiger partial charge < -0.3 is 10.1 Å². The van der Waals surface area contributed by atoms with Gasteiger partial charge in [0.15, 0.2) is 11.6 Å². The molecule has 0 saturated heterocycles. The van der Waals surface area contributed by atoms with Gasteiger partial charge in [-0.1, -0.05) is 39.8 Å². The summed E-state index contributed by atoms with van der Waals surface area (Å²) < 4.78 is 19.1. The average Bonchev–Trinajstić information content (AvgIpc) is 2.31. The zero-order valence-electron chi connectivity index (χ0n) is 12.7. The van der Waals surface area contributed by atoms with E-state index in [0.29, 0.717) is 11.8 Å². The molecular weight excluding hydrogens is 241 g/mol. The summed E-state index contributed by atoms with van der Waals surface area (Å²) in [5.74, 6) is 0.100. The van der Waals surface area contributed by atoms with Crippen molar-refractivity contribution in [3.63, 3.8) is 0 Å². The van der Waals surface area contributed by atoms with Crippen molar-refractivity contribution in [2.75, 3.05) is 13.7 Å². The number of rotatable bonds is 7. The zero-order chi connectivity index (χ0) is 14.5. The fraction of sp³-hybridized carbons (Fsp3) is 0.625. The second-order valence-electron chi connectivity index (χ2n) is 6.13. The van der Waals surface area contributed by atoms with Gasteiger partial charge in [0.1, 0.15) is 0 Å². The van der Waals surface area contributed by atoms with Gasteiger partial charge in [-0.3, -0.25) is 0 Å². The van der Waals surface area contributed by atoms with Gasteiger partial charge in [0, 0.05) is 6.04 Å². The lowest BCUT2D eigenvalue weighted by molar-refractivity contribution is 0.313. The predicted molar refractivity (Wildman–Crippen MR) is 78.2 cm³/mol. The smallest absolute Gasteiger partial charge is 0.168 e. The van der Waals surface area contributed by atoms with Gasteiger partial charge in [-0.15, -0.1) is 0 Å². The maximum Gasteiger partial charge on any atom is 0.168 e. The number of benzene rings is 1. The lowest BCUT2D eigenvalue weighted by atomic mass is 9.82.